The van der Waals surface area contributed by atoms with Gasteiger partial charge in [-0.25, -0.2) is 8.78 Å². The van der Waals surface area contributed by atoms with Crippen molar-refractivity contribution >= 4 is 23.8 Å². The molecule has 1 N–H and O–H groups in total. The van der Waals surface area contributed by atoms with Gasteiger partial charge in [0.15, 0.2) is 0 Å². The van der Waals surface area contributed by atoms with Crippen LogP contribution in [0.5, 0.6) is 0 Å². The first kappa shape index (κ1) is 15.7. The summed E-state index contributed by atoms with van der Waals surface area (Å²) in [6.45, 7) is 3.15. The maximum Gasteiger partial charge on any atom is 0.149 e. The Morgan fingerprint density at radius 3 is 2.47 bits per heavy atom. The number of nitrogens with zero attached hydrogens (tertiary/aromatic N) is 2. The minimum Gasteiger partial charge on any atom is -0.411 e. The lowest BCUT2D eigenvalue weighted by atomic mass is 9.92. The Balaban J connectivity index is 0.00000180. The predicted octanol–water partition coefficient (Wildman–Crippen LogP) is 3.45. The first-order valence-electron chi connectivity index (χ1n) is 6.00. The largest absolute Gasteiger partial charge is 0.411 e. The van der Waals surface area contributed by atoms with E-state index in [2.05, 4.69) is 5.16 Å². The third-order valence-corrected chi connectivity index (χ3v) is 3.49. The number of hydrogen-bond acceptors (Lipinski definition) is 3. The summed E-state index contributed by atoms with van der Waals surface area (Å²) in [5, 5.41) is 11.9. The first-order chi connectivity index (χ1) is 8.61. The summed E-state index contributed by atoms with van der Waals surface area (Å²) in [6, 6.07) is 3.64. The van der Waals surface area contributed by atoms with Crippen LogP contribution in [0, 0.1) is 17.6 Å². The number of oxime groups is 1. The molecule has 0 atom stereocenters. The topological polar surface area (TPSA) is 35.8 Å². The zero-order valence-electron chi connectivity index (χ0n) is 10.6. The van der Waals surface area contributed by atoms with Gasteiger partial charge in [-0.05, 0) is 31.9 Å². The molecular formula is C13H17ClF2N2O. The summed E-state index contributed by atoms with van der Waals surface area (Å²) in [4.78, 5) is 1.90. The Morgan fingerprint density at radius 2 is 1.95 bits per heavy atom. The molecule has 1 aromatic carbocycles. The van der Waals surface area contributed by atoms with Crippen LogP contribution in [-0.2, 0) is 0 Å². The SMILES string of the molecule is CC(=NO)C1CCN(c2ccc(F)cc2F)CC1.Cl. The molecule has 0 radical (unpaired) electrons. The lowest BCUT2D eigenvalue weighted by Gasteiger charge is -2.33. The Morgan fingerprint density at radius 1 is 1.32 bits per heavy atom. The monoisotopic (exact) mass is 290 g/mol. The van der Waals surface area contributed by atoms with Gasteiger partial charge in [-0.1, -0.05) is 5.16 Å². The average Bonchev–Trinajstić information content (AvgIpc) is 2.38. The van der Waals surface area contributed by atoms with Gasteiger partial charge in [-0.3, -0.25) is 0 Å². The van der Waals surface area contributed by atoms with Crippen LogP contribution < -0.4 is 4.90 Å². The fourth-order valence-corrected chi connectivity index (χ4v) is 2.36. The van der Waals surface area contributed by atoms with Gasteiger partial charge in [-0.2, -0.15) is 0 Å². The van der Waals surface area contributed by atoms with Crippen molar-refractivity contribution in [1.82, 2.24) is 0 Å². The van der Waals surface area contributed by atoms with Crippen molar-refractivity contribution in [2.24, 2.45) is 11.1 Å². The lowest BCUT2D eigenvalue weighted by Crippen LogP contribution is -2.36. The van der Waals surface area contributed by atoms with E-state index in [0.717, 1.165) is 18.9 Å². The minimum absolute atomic E-state index is 0. The number of anilines is 1. The summed E-state index contributed by atoms with van der Waals surface area (Å²) in [5.41, 5.74) is 1.16. The highest BCUT2D eigenvalue weighted by molar-refractivity contribution is 5.85. The van der Waals surface area contributed by atoms with Gasteiger partial charge in [0.2, 0.25) is 0 Å². The molecule has 0 spiro atoms. The molecule has 1 aliphatic rings. The van der Waals surface area contributed by atoms with Gasteiger partial charge >= 0.3 is 0 Å². The van der Waals surface area contributed by atoms with E-state index >= 15 is 0 Å². The second-order valence-corrected chi connectivity index (χ2v) is 4.60. The molecule has 2 rings (SSSR count). The van der Waals surface area contributed by atoms with Crippen LogP contribution in [0.3, 0.4) is 0 Å². The highest BCUT2D eigenvalue weighted by Crippen LogP contribution is 2.26. The molecule has 0 aromatic heterocycles. The smallest absolute Gasteiger partial charge is 0.149 e. The Bertz CT molecular complexity index is 460. The van der Waals surface area contributed by atoms with Gasteiger partial charge in [0.1, 0.15) is 11.6 Å². The zero-order chi connectivity index (χ0) is 13.1. The van der Waals surface area contributed by atoms with Gasteiger partial charge in [0, 0.05) is 25.1 Å². The maximum absolute atomic E-state index is 13.6. The zero-order valence-corrected chi connectivity index (χ0v) is 11.5. The van der Waals surface area contributed by atoms with E-state index < -0.39 is 11.6 Å². The standard InChI is InChI=1S/C13H16F2N2O.ClH/c1-9(16-18)10-4-6-17(7-5-10)13-3-2-11(14)8-12(13)15;/h2-3,8,10,18H,4-7H2,1H3;1H. The van der Waals surface area contributed by atoms with Crippen LogP contribution in [0.15, 0.2) is 23.4 Å². The van der Waals surface area contributed by atoms with E-state index in [-0.39, 0.29) is 18.3 Å². The quantitative estimate of drug-likeness (QED) is 0.514. The van der Waals surface area contributed by atoms with E-state index in [1.165, 1.54) is 12.1 Å². The number of hydrogen-bond donors (Lipinski definition) is 1. The molecule has 1 heterocycles. The summed E-state index contributed by atoms with van der Waals surface area (Å²) < 4.78 is 26.4. The van der Waals surface area contributed by atoms with Gasteiger partial charge in [-0.15, -0.1) is 12.4 Å². The normalized spacial score (nSPS) is 17.2. The lowest BCUT2D eigenvalue weighted by molar-refractivity contribution is 0.311. The molecule has 1 fully saturated rings. The molecule has 0 saturated carbocycles. The van der Waals surface area contributed by atoms with Crippen molar-refractivity contribution in [3.63, 3.8) is 0 Å². The Labute approximate surface area is 117 Å². The van der Waals surface area contributed by atoms with E-state index in [1.807, 2.05) is 4.90 Å². The molecule has 106 valence electrons. The van der Waals surface area contributed by atoms with Crippen molar-refractivity contribution in [2.75, 3.05) is 18.0 Å². The van der Waals surface area contributed by atoms with Crippen molar-refractivity contribution in [2.45, 2.75) is 19.8 Å². The van der Waals surface area contributed by atoms with E-state index in [9.17, 15) is 8.78 Å². The first-order valence-corrected chi connectivity index (χ1v) is 6.00. The van der Waals surface area contributed by atoms with Gasteiger partial charge < -0.3 is 10.1 Å². The van der Waals surface area contributed by atoms with E-state index in [0.29, 0.717) is 24.5 Å². The molecule has 19 heavy (non-hydrogen) atoms. The summed E-state index contributed by atoms with van der Waals surface area (Å²) in [6.07, 6.45) is 1.62. The molecule has 3 nitrogen and oxygen atoms in total. The van der Waals surface area contributed by atoms with Crippen LogP contribution in [0.25, 0.3) is 0 Å². The fourth-order valence-electron chi connectivity index (χ4n) is 2.36. The molecule has 0 aliphatic carbocycles. The van der Waals surface area contributed by atoms with Crippen molar-refractivity contribution in [1.29, 1.82) is 0 Å². The molecule has 6 heteroatoms. The molecule has 0 amide bonds. The molecule has 0 unspecified atom stereocenters. The summed E-state index contributed by atoms with van der Waals surface area (Å²) in [5.74, 6) is -0.842. The number of halogens is 3. The number of piperidine rings is 1. The average molecular weight is 291 g/mol. The summed E-state index contributed by atoms with van der Waals surface area (Å²) >= 11 is 0. The van der Waals surface area contributed by atoms with Gasteiger partial charge in [0.05, 0.1) is 11.4 Å². The molecule has 1 saturated heterocycles. The third kappa shape index (κ3) is 3.56. The Kier molecular flexibility index (Phi) is 5.54. The van der Waals surface area contributed by atoms with E-state index in [4.69, 9.17) is 5.21 Å². The molecule has 0 bridgehead atoms. The molecular weight excluding hydrogens is 274 g/mol. The van der Waals surface area contributed by atoms with Crippen LogP contribution >= 0.6 is 12.4 Å². The van der Waals surface area contributed by atoms with Crippen LogP contribution in [-0.4, -0.2) is 24.0 Å². The van der Waals surface area contributed by atoms with Crippen LogP contribution in [0.4, 0.5) is 14.5 Å². The highest BCUT2D eigenvalue weighted by atomic mass is 35.5. The summed E-state index contributed by atoms with van der Waals surface area (Å²) in [7, 11) is 0. The van der Waals surface area contributed by atoms with Crippen LogP contribution in [0.1, 0.15) is 19.8 Å². The predicted molar refractivity (Wildman–Crippen MR) is 73.4 cm³/mol. The molecule has 1 aromatic rings. The van der Waals surface area contributed by atoms with Crippen molar-refractivity contribution in [3.8, 4) is 0 Å². The molecule has 1 aliphatic heterocycles. The van der Waals surface area contributed by atoms with Crippen molar-refractivity contribution < 1.29 is 14.0 Å². The highest BCUT2D eigenvalue weighted by Gasteiger charge is 2.23. The Hall–Kier alpha value is -1.36. The number of benzene rings is 1. The second-order valence-electron chi connectivity index (χ2n) is 4.60. The fraction of sp³-hybridized carbons (Fsp3) is 0.462. The third-order valence-electron chi connectivity index (χ3n) is 3.49. The minimum atomic E-state index is -0.561. The van der Waals surface area contributed by atoms with Gasteiger partial charge in [0.25, 0.3) is 0 Å². The van der Waals surface area contributed by atoms with Crippen molar-refractivity contribution in [3.05, 3.63) is 29.8 Å². The second kappa shape index (κ2) is 6.70. The van der Waals surface area contributed by atoms with E-state index in [1.54, 1.807) is 6.92 Å². The van der Waals surface area contributed by atoms with Crippen LogP contribution in [0.2, 0.25) is 0 Å². The number of rotatable bonds is 2. The maximum atomic E-state index is 13.6.